The van der Waals surface area contributed by atoms with E-state index in [1.54, 1.807) is 13.3 Å². The van der Waals surface area contributed by atoms with Crippen molar-refractivity contribution < 1.29 is 19.1 Å². The number of carbonyl (C=O) groups is 2. The number of carbonyl (C=O) groups excluding carboxylic acids is 2. The van der Waals surface area contributed by atoms with Crippen LogP contribution in [0.15, 0.2) is 54.9 Å². The fourth-order valence-corrected chi connectivity index (χ4v) is 8.08. The summed E-state index contributed by atoms with van der Waals surface area (Å²) in [7, 11) is 5.03. The smallest absolute Gasteiger partial charge is 0.340 e. The van der Waals surface area contributed by atoms with Crippen molar-refractivity contribution in [1.82, 2.24) is 29.0 Å². The van der Waals surface area contributed by atoms with E-state index in [0.29, 0.717) is 40.9 Å². The second-order valence-electron chi connectivity index (χ2n) is 13.7. The Kier molecular flexibility index (Phi) is 6.45. The molecule has 2 bridgehead atoms. The second-order valence-corrected chi connectivity index (χ2v) is 13.7. The molecule has 3 N–H and O–H groups in total. The van der Waals surface area contributed by atoms with E-state index < -0.39 is 5.97 Å². The number of fused-ring (bicyclic) bond motifs is 5. The number of hydrogen-bond acceptors (Lipinski definition) is 7. The zero-order chi connectivity index (χ0) is 32.8. The lowest BCUT2D eigenvalue weighted by Crippen LogP contribution is -2.41. The number of piperidine rings is 1. The average Bonchev–Trinajstić information content (AvgIpc) is 3.35. The molecule has 2 aromatic carbocycles. The number of imidazole rings is 1. The SMILES string of the molecule is COC(=O)c1c[nH]c2ncc(-c3ccc4cc(-c5nc6cc(C(=O)N7CC8CCC7[C@@H]8N)cc(OC)c6n5C)n(CC5CC5)c4c3)cc12. The minimum Gasteiger partial charge on any atom is -0.494 e. The molecular formula is C37H37N7O4. The number of ether oxygens (including phenoxy) is 2. The lowest BCUT2D eigenvalue weighted by molar-refractivity contribution is 0.0602. The summed E-state index contributed by atoms with van der Waals surface area (Å²) in [6.45, 7) is 1.59. The summed E-state index contributed by atoms with van der Waals surface area (Å²) in [5, 5.41) is 1.83. The van der Waals surface area contributed by atoms with Crippen molar-refractivity contribution in [3.8, 4) is 28.4 Å². The van der Waals surface area contributed by atoms with Crippen LogP contribution in [0.1, 0.15) is 46.4 Å². The van der Waals surface area contributed by atoms with Gasteiger partial charge in [0.05, 0.1) is 31.0 Å². The summed E-state index contributed by atoms with van der Waals surface area (Å²) < 4.78 is 15.3. The predicted octanol–water partition coefficient (Wildman–Crippen LogP) is 5.51. The first-order chi connectivity index (χ1) is 23.3. The Morgan fingerprint density at radius 1 is 1.04 bits per heavy atom. The van der Waals surface area contributed by atoms with Crippen LogP contribution >= 0.6 is 0 Å². The van der Waals surface area contributed by atoms with E-state index in [4.69, 9.17) is 20.2 Å². The summed E-state index contributed by atoms with van der Waals surface area (Å²) in [6.07, 6.45) is 7.92. The van der Waals surface area contributed by atoms with E-state index in [2.05, 4.69) is 43.4 Å². The van der Waals surface area contributed by atoms with Crippen LogP contribution in [0, 0.1) is 11.8 Å². The van der Waals surface area contributed by atoms with Gasteiger partial charge in [0.15, 0.2) is 5.82 Å². The lowest BCUT2D eigenvalue weighted by atomic mass is 10.0. The molecule has 3 fully saturated rings. The molecule has 1 amide bonds. The highest BCUT2D eigenvalue weighted by molar-refractivity contribution is 6.04. The molecule has 11 nitrogen and oxygen atoms in total. The summed E-state index contributed by atoms with van der Waals surface area (Å²) in [4.78, 5) is 40.9. The van der Waals surface area contributed by atoms with Gasteiger partial charge in [0.1, 0.15) is 16.9 Å². The summed E-state index contributed by atoms with van der Waals surface area (Å²) in [6, 6.07) is 14.5. The van der Waals surface area contributed by atoms with E-state index in [0.717, 1.165) is 69.4 Å². The highest BCUT2D eigenvalue weighted by Gasteiger charge is 2.47. The van der Waals surface area contributed by atoms with Crippen LogP contribution in [0.5, 0.6) is 5.75 Å². The number of likely N-dealkylation sites (tertiary alicyclic amines) is 1. The molecular weight excluding hydrogens is 606 g/mol. The number of nitrogens with two attached hydrogens (primary N) is 1. The standard InChI is InChI=1S/C37H37N7O4/c1-42-33-27(11-23(14-31(33)47-2)36(45)44-18-22-8-9-28(44)32(22)38)41-35(42)30-13-21-7-6-20(12-29(21)43(30)17-19-4-5-19)24-10-25-26(37(46)48-3)16-40-34(25)39-15-24/h6-7,10-16,19,22,28,32H,4-5,8-9,17-18,38H2,1-3H3,(H,39,40)/t22?,28?,32-/m1/s1. The molecule has 2 aliphatic carbocycles. The van der Waals surface area contributed by atoms with Gasteiger partial charge < -0.3 is 34.2 Å². The Hall–Kier alpha value is -5.16. The number of aryl methyl sites for hydroxylation is 1. The molecule has 5 heterocycles. The third kappa shape index (κ3) is 4.37. The van der Waals surface area contributed by atoms with Crippen molar-refractivity contribution in [2.75, 3.05) is 20.8 Å². The normalized spacial score (nSPS) is 20.4. The molecule has 6 aromatic rings. The van der Waals surface area contributed by atoms with Gasteiger partial charge in [0.25, 0.3) is 5.91 Å². The van der Waals surface area contributed by atoms with Gasteiger partial charge in [0.2, 0.25) is 0 Å². The van der Waals surface area contributed by atoms with Crippen LogP contribution < -0.4 is 10.5 Å². The van der Waals surface area contributed by atoms with E-state index >= 15 is 0 Å². The number of nitrogens with one attached hydrogen (secondary N) is 1. The zero-order valence-corrected chi connectivity index (χ0v) is 27.2. The first-order valence-electron chi connectivity index (χ1n) is 16.6. The number of benzene rings is 2. The molecule has 9 rings (SSSR count). The lowest BCUT2D eigenvalue weighted by Gasteiger charge is -2.27. The number of aromatic amines is 1. The number of nitrogens with zero attached hydrogens (tertiary/aromatic N) is 5. The van der Waals surface area contributed by atoms with E-state index in [1.807, 2.05) is 36.3 Å². The molecule has 48 heavy (non-hydrogen) atoms. The molecule has 0 spiro atoms. The van der Waals surface area contributed by atoms with Gasteiger partial charge >= 0.3 is 5.97 Å². The maximum Gasteiger partial charge on any atom is 0.340 e. The number of esters is 1. The van der Waals surface area contributed by atoms with Crippen molar-refractivity contribution in [1.29, 1.82) is 0 Å². The van der Waals surface area contributed by atoms with Crippen LogP contribution in [-0.2, 0) is 18.3 Å². The van der Waals surface area contributed by atoms with Crippen LogP contribution in [0.3, 0.4) is 0 Å². The van der Waals surface area contributed by atoms with E-state index in [9.17, 15) is 9.59 Å². The fraction of sp³-hybridized carbons (Fsp3) is 0.351. The minimum atomic E-state index is -0.401. The monoisotopic (exact) mass is 643 g/mol. The highest BCUT2D eigenvalue weighted by Crippen LogP contribution is 2.41. The molecule has 4 aromatic heterocycles. The number of aromatic nitrogens is 5. The van der Waals surface area contributed by atoms with Gasteiger partial charge in [0, 0.05) is 72.0 Å². The van der Waals surface area contributed by atoms with Crippen LogP contribution in [0.25, 0.3) is 55.6 Å². The molecule has 1 aliphatic heterocycles. The molecule has 0 radical (unpaired) electrons. The zero-order valence-electron chi connectivity index (χ0n) is 27.2. The number of methoxy groups -OCH3 is 2. The third-order valence-electron chi connectivity index (χ3n) is 10.9. The molecule has 1 saturated heterocycles. The summed E-state index contributed by atoms with van der Waals surface area (Å²) in [5.74, 6) is 2.01. The molecule has 2 saturated carbocycles. The molecule has 2 unspecified atom stereocenters. The Balaban J connectivity index is 1.14. The largest absolute Gasteiger partial charge is 0.494 e. The summed E-state index contributed by atoms with van der Waals surface area (Å²) in [5.41, 5.74) is 13.7. The quantitative estimate of drug-likeness (QED) is 0.219. The maximum absolute atomic E-state index is 13.8. The van der Waals surface area contributed by atoms with Gasteiger partial charge in [-0.05, 0) is 73.4 Å². The van der Waals surface area contributed by atoms with Gasteiger partial charge in [-0.25, -0.2) is 14.8 Å². The fourth-order valence-electron chi connectivity index (χ4n) is 8.08. The number of rotatable bonds is 7. The van der Waals surface area contributed by atoms with Crippen LogP contribution in [0.2, 0.25) is 0 Å². The predicted molar refractivity (Wildman–Crippen MR) is 183 cm³/mol. The molecule has 3 atom stereocenters. The first kappa shape index (κ1) is 29.0. The van der Waals surface area contributed by atoms with E-state index in [1.165, 1.54) is 20.0 Å². The number of hydrogen-bond donors (Lipinski definition) is 2. The van der Waals surface area contributed by atoms with Crippen LogP contribution in [0.4, 0.5) is 0 Å². The molecule has 244 valence electrons. The van der Waals surface area contributed by atoms with Crippen molar-refractivity contribution >= 4 is 44.8 Å². The van der Waals surface area contributed by atoms with Crippen molar-refractivity contribution in [2.24, 2.45) is 24.6 Å². The maximum atomic E-state index is 13.8. The number of amides is 1. The number of H-pyrrole nitrogens is 1. The first-order valence-corrected chi connectivity index (χ1v) is 16.6. The Morgan fingerprint density at radius 2 is 1.90 bits per heavy atom. The van der Waals surface area contributed by atoms with E-state index in [-0.39, 0.29) is 18.0 Å². The summed E-state index contributed by atoms with van der Waals surface area (Å²) >= 11 is 0. The highest BCUT2D eigenvalue weighted by atomic mass is 16.5. The third-order valence-corrected chi connectivity index (χ3v) is 10.9. The van der Waals surface area contributed by atoms with Crippen molar-refractivity contribution in [3.05, 3.63) is 66.0 Å². The van der Waals surface area contributed by atoms with Crippen molar-refractivity contribution in [3.63, 3.8) is 0 Å². The average molecular weight is 644 g/mol. The van der Waals surface area contributed by atoms with Gasteiger partial charge in [-0.1, -0.05) is 12.1 Å². The van der Waals surface area contributed by atoms with Crippen molar-refractivity contribution in [2.45, 2.75) is 44.3 Å². The Labute approximate surface area is 276 Å². The minimum absolute atomic E-state index is 0.00791. The topological polar surface area (TPSA) is 133 Å². The molecule has 11 heteroatoms. The second kappa shape index (κ2) is 10.7. The molecule has 3 aliphatic rings. The van der Waals surface area contributed by atoms with Crippen LogP contribution in [-0.4, -0.2) is 73.7 Å². The number of pyridine rings is 1. The Morgan fingerprint density at radius 3 is 2.62 bits per heavy atom. The van der Waals surface area contributed by atoms with Gasteiger partial charge in [-0.3, -0.25) is 4.79 Å². The Bertz CT molecular complexity index is 2290. The van der Waals surface area contributed by atoms with Gasteiger partial charge in [-0.2, -0.15) is 0 Å². The van der Waals surface area contributed by atoms with Gasteiger partial charge in [-0.15, -0.1) is 0 Å².